The maximum atomic E-state index is 13.0. The van der Waals surface area contributed by atoms with Crippen LogP contribution in [0.4, 0.5) is 10.1 Å². The lowest BCUT2D eigenvalue weighted by Gasteiger charge is -2.19. The third kappa shape index (κ3) is 5.52. The highest BCUT2D eigenvalue weighted by Gasteiger charge is 2.34. The van der Waals surface area contributed by atoms with Crippen LogP contribution in [-0.4, -0.2) is 55.6 Å². The molecule has 2 amide bonds. The zero-order valence-corrected chi connectivity index (χ0v) is 19.1. The number of hydrogen-bond acceptors (Lipinski definition) is 4. The summed E-state index contributed by atoms with van der Waals surface area (Å²) < 4.78 is 39.5. The summed E-state index contributed by atoms with van der Waals surface area (Å²) in [5, 5.41) is 2.77. The largest absolute Gasteiger partial charge is 0.342 e. The fraction of sp³-hybridized carbons (Fsp3) is 0.391. The molecule has 1 aliphatic heterocycles. The van der Waals surface area contributed by atoms with Crippen molar-refractivity contribution in [2.75, 3.05) is 31.5 Å². The number of sulfonamides is 1. The van der Waals surface area contributed by atoms with Crippen molar-refractivity contribution in [3.8, 4) is 0 Å². The Morgan fingerprint density at radius 3 is 2.31 bits per heavy atom. The summed E-state index contributed by atoms with van der Waals surface area (Å²) in [7, 11) is -3.56. The Balaban J connectivity index is 1.56. The Hall–Kier alpha value is -2.78. The first-order valence-corrected chi connectivity index (χ1v) is 12.1. The number of nitrogens with one attached hydrogen (secondary N) is 1. The first kappa shape index (κ1) is 23.9. The molecule has 1 heterocycles. The van der Waals surface area contributed by atoms with E-state index in [4.69, 9.17) is 0 Å². The van der Waals surface area contributed by atoms with Crippen molar-refractivity contribution in [3.63, 3.8) is 0 Å². The predicted octanol–water partition coefficient (Wildman–Crippen LogP) is 2.89. The van der Waals surface area contributed by atoms with E-state index in [0.29, 0.717) is 38.3 Å². The van der Waals surface area contributed by atoms with Crippen molar-refractivity contribution in [2.45, 2.75) is 31.6 Å². The summed E-state index contributed by atoms with van der Waals surface area (Å²) in [5.74, 6) is -1.15. The predicted molar refractivity (Wildman–Crippen MR) is 120 cm³/mol. The smallest absolute Gasteiger partial charge is 0.243 e. The molecule has 3 rings (SSSR count). The lowest BCUT2D eigenvalue weighted by atomic mass is 10.1. The minimum Gasteiger partial charge on any atom is -0.342 e. The van der Waals surface area contributed by atoms with Crippen LogP contribution in [0.1, 0.15) is 25.8 Å². The first-order valence-electron chi connectivity index (χ1n) is 10.7. The zero-order valence-electron chi connectivity index (χ0n) is 18.3. The van der Waals surface area contributed by atoms with Gasteiger partial charge in [0.2, 0.25) is 21.8 Å². The molecule has 0 aromatic heterocycles. The fourth-order valence-corrected chi connectivity index (χ4v) is 5.20. The van der Waals surface area contributed by atoms with Crippen molar-refractivity contribution in [3.05, 3.63) is 59.9 Å². The first-order chi connectivity index (χ1) is 15.2. The molecule has 2 aromatic rings. The number of likely N-dealkylation sites (tertiary alicyclic amines) is 1. The maximum Gasteiger partial charge on any atom is 0.243 e. The molecule has 1 N–H and O–H groups in total. The molecule has 32 heavy (non-hydrogen) atoms. The van der Waals surface area contributed by atoms with Gasteiger partial charge in [-0.05, 0) is 48.4 Å². The van der Waals surface area contributed by atoms with Crippen LogP contribution in [0.2, 0.25) is 0 Å². The topological polar surface area (TPSA) is 86.8 Å². The molecule has 0 bridgehead atoms. The van der Waals surface area contributed by atoms with E-state index in [0.717, 1.165) is 5.56 Å². The molecule has 0 unspecified atom stereocenters. The minimum absolute atomic E-state index is 0.0899. The van der Waals surface area contributed by atoms with Gasteiger partial charge in [0.05, 0.1) is 10.8 Å². The Morgan fingerprint density at radius 1 is 1.09 bits per heavy atom. The number of amides is 2. The number of nitrogens with zero attached hydrogens (tertiary/aromatic N) is 2. The number of hydrogen-bond donors (Lipinski definition) is 1. The number of rotatable bonds is 9. The Labute approximate surface area is 188 Å². The molecule has 0 radical (unpaired) electrons. The van der Waals surface area contributed by atoms with Crippen LogP contribution in [0.5, 0.6) is 0 Å². The molecule has 0 saturated carbocycles. The van der Waals surface area contributed by atoms with Crippen molar-refractivity contribution in [2.24, 2.45) is 5.92 Å². The molecule has 1 fully saturated rings. The van der Waals surface area contributed by atoms with Crippen LogP contribution in [0.25, 0.3) is 0 Å². The molecule has 7 nitrogen and oxygen atoms in total. The molecule has 9 heteroatoms. The third-order valence-electron chi connectivity index (χ3n) is 5.63. The zero-order chi connectivity index (χ0) is 23.3. The Kier molecular flexibility index (Phi) is 7.63. The van der Waals surface area contributed by atoms with Crippen LogP contribution >= 0.6 is 0 Å². The van der Waals surface area contributed by atoms with Gasteiger partial charge in [0.1, 0.15) is 5.82 Å². The van der Waals surface area contributed by atoms with E-state index in [2.05, 4.69) is 5.32 Å². The molecule has 0 spiro atoms. The van der Waals surface area contributed by atoms with Crippen molar-refractivity contribution >= 4 is 27.5 Å². The van der Waals surface area contributed by atoms with Gasteiger partial charge < -0.3 is 10.2 Å². The van der Waals surface area contributed by atoms with E-state index in [9.17, 15) is 22.4 Å². The monoisotopic (exact) mass is 461 g/mol. The maximum absolute atomic E-state index is 13.0. The van der Waals surface area contributed by atoms with Gasteiger partial charge in [0, 0.05) is 38.3 Å². The van der Waals surface area contributed by atoms with E-state index in [1.54, 1.807) is 43.0 Å². The van der Waals surface area contributed by atoms with Crippen LogP contribution < -0.4 is 5.32 Å². The highest BCUT2D eigenvalue weighted by molar-refractivity contribution is 7.89. The Morgan fingerprint density at radius 2 is 1.72 bits per heavy atom. The summed E-state index contributed by atoms with van der Waals surface area (Å²) in [6, 6.07) is 12.2. The third-order valence-corrected chi connectivity index (χ3v) is 7.70. The number of benzene rings is 2. The van der Waals surface area contributed by atoms with Gasteiger partial charge in [0.25, 0.3) is 0 Å². The molecule has 1 aliphatic rings. The molecular weight excluding hydrogens is 433 g/mol. The van der Waals surface area contributed by atoms with Gasteiger partial charge in [-0.25, -0.2) is 12.8 Å². The van der Waals surface area contributed by atoms with E-state index in [-0.39, 0.29) is 28.9 Å². The second-order valence-electron chi connectivity index (χ2n) is 7.72. The van der Waals surface area contributed by atoms with Gasteiger partial charge in [-0.2, -0.15) is 4.31 Å². The van der Waals surface area contributed by atoms with Crippen LogP contribution in [0.3, 0.4) is 0 Å². The van der Waals surface area contributed by atoms with E-state index in [1.807, 2.05) is 0 Å². The van der Waals surface area contributed by atoms with Crippen LogP contribution in [-0.2, 0) is 26.0 Å². The fourth-order valence-electron chi connectivity index (χ4n) is 3.75. The van der Waals surface area contributed by atoms with Gasteiger partial charge >= 0.3 is 0 Å². The molecule has 0 aliphatic carbocycles. The molecule has 172 valence electrons. The number of halogens is 1. The summed E-state index contributed by atoms with van der Waals surface area (Å²) in [4.78, 5) is 26.8. The lowest BCUT2D eigenvalue weighted by molar-refractivity contribution is -0.128. The summed E-state index contributed by atoms with van der Waals surface area (Å²) in [5.41, 5.74) is 1.40. The minimum atomic E-state index is -3.56. The molecule has 2 aromatic carbocycles. The number of carbonyl (C=O) groups excluding carboxylic acids is 2. The molecule has 1 atom stereocenters. The quantitative estimate of drug-likeness (QED) is 0.622. The van der Waals surface area contributed by atoms with E-state index in [1.165, 1.54) is 28.6 Å². The van der Waals surface area contributed by atoms with Gasteiger partial charge in [-0.15, -0.1) is 0 Å². The normalized spacial score (nSPS) is 16.6. The SMILES string of the molecule is CCN(CC)S(=O)(=O)c1ccc(NC(=O)[C@H]2CC(=O)N(CCc3ccc(F)cc3)C2)cc1. The van der Waals surface area contributed by atoms with Crippen molar-refractivity contribution < 1.29 is 22.4 Å². The van der Waals surface area contributed by atoms with Gasteiger partial charge in [0.15, 0.2) is 0 Å². The Bertz CT molecular complexity index is 1050. The summed E-state index contributed by atoms with van der Waals surface area (Å²) in [6.07, 6.45) is 0.715. The van der Waals surface area contributed by atoms with Crippen molar-refractivity contribution in [1.82, 2.24) is 9.21 Å². The van der Waals surface area contributed by atoms with Crippen molar-refractivity contribution in [1.29, 1.82) is 0 Å². The average Bonchev–Trinajstić information content (AvgIpc) is 3.15. The number of anilines is 1. The summed E-state index contributed by atoms with van der Waals surface area (Å²) >= 11 is 0. The molecular formula is C23H28FN3O4S. The summed E-state index contributed by atoms with van der Waals surface area (Å²) in [6.45, 7) is 5.10. The second-order valence-corrected chi connectivity index (χ2v) is 9.66. The second kappa shape index (κ2) is 10.2. The van der Waals surface area contributed by atoms with E-state index < -0.39 is 15.9 Å². The standard InChI is InChI=1S/C23H28FN3O4S/c1-3-27(4-2)32(30,31)21-11-9-20(10-12-21)25-23(29)18-15-22(28)26(16-18)14-13-17-5-7-19(24)8-6-17/h5-12,18H,3-4,13-16H2,1-2H3,(H,25,29)/t18-/m0/s1. The van der Waals surface area contributed by atoms with E-state index >= 15 is 0 Å². The molecule has 1 saturated heterocycles. The highest BCUT2D eigenvalue weighted by atomic mass is 32.2. The van der Waals surface area contributed by atoms with Gasteiger partial charge in [-0.3, -0.25) is 9.59 Å². The number of carbonyl (C=O) groups is 2. The lowest BCUT2D eigenvalue weighted by Crippen LogP contribution is -2.30. The van der Waals surface area contributed by atoms with Crippen LogP contribution in [0.15, 0.2) is 53.4 Å². The van der Waals surface area contributed by atoms with Crippen LogP contribution in [0, 0.1) is 11.7 Å². The average molecular weight is 462 g/mol. The van der Waals surface area contributed by atoms with Gasteiger partial charge in [-0.1, -0.05) is 26.0 Å². The highest BCUT2D eigenvalue weighted by Crippen LogP contribution is 2.22.